The minimum atomic E-state index is 0.837. The Morgan fingerprint density at radius 3 is 3.00 bits per heavy atom. The summed E-state index contributed by atoms with van der Waals surface area (Å²) in [6.45, 7) is 6.08. The van der Waals surface area contributed by atoms with Gasteiger partial charge in [-0.15, -0.1) is 0 Å². The van der Waals surface area contributed by atoms with Gasteiger partial charge in [0.15, 0.2) is 0 Å². The number of aryl methyl sites for hydroxylation is 1. The van der Waals surface area contributed by atoms with Crippen molar-refractivity contribution in [2.75, 3.05) is 11.9 Å². The maximum atomic E-state index is 4.40. The van der Waals surface area contributed by atoms with Crippen molar-refractivity contribution < 1.29 is 0 Å². The van der Waals surface area contributed by atoms with Crippen LogP contribution < -0.4 is 10.6 Å². The summed E-state index contributed by atoms with van der Waals surface area (Å²) in [7, 11) is 0. The summed E-state index contributed by atoms with van der Waals surface area (Å²) in [4.78, 5) is 8.77. The quantitative estimate of drug-likeness (QED) is 0.864. The fourth-order valence-corrected chi connectivity index (χ4v) is 2.39. The molecule has 0 bridgehead atoms. The molecule has 2 aromatic rings. The van der Waals surface area contributed by atoms with Gasteiger partial charge in [-0.25, -0.2) is 9.97 Å². The van der Waals surface area contributed by atoms with Crippen LogP contribution >= 0.6 is 0 Å². The molecule has 98 valence electrons. The number of anilines is 2. The molecule has 0 radical (unpaired) electrons. The zero-order chi connectivity index (χ0) is 13.2. The Kier molecular flexibility index (Phi) is 3.17. The highest BCUT2D eigenvalue weighted by atomic mass is 15.0. The second-order valence-corrected chi connectivity index (χ2v) is 4.95. The molecule has 1 aromatic heterocycles. The number of fused-ring (bicyclic) bond motifs is 1. The first kappa shape index (κ1) is 12.1. The van der Waals surface area contributed by atoms with Gasteiger partial charge >= 0.3 is 0 Å². The highest BCUT2D eigenvalue weighted by molar-refractivity contribution is 5.64. The van der Waals surface area contributed by atoms with E-state index in [2.05, 4.69) is 52.6 Å². The maximum absolute atomic E-state index is 4.40. The van der Waals surface area contributed by atoms with Gasteiger partial charge < -0.3 is 10.6 Å². The van der Waals surface area contributed by atoms with Crippen LogP contribution in [-0.4, -0.2) is 16.5 Å². The van der Waals surface area contributed by atoms with E-state index >= 15 is 0 Å². The van der Waals surface area contributed by atoms with Crippen LogP contribution in [0.3, 0.4) is 0 Å². The van der Waals surface area contributed by atoms with E-state index in [1.165, 1.54) is 16.7 Å². The van der Waals surface area contributed by atoms with Gasteiger partial charge in [-0.1, -0.05) is 12.1 Å². The Balaban J connectivity index is 1.97. The van der Waals surface area contributed by atoms with E-state index in [1.807, 2.05) is 0 Å². The molecule has 0 spiro atoms. The van der Waals surface area contributed by atoms with Crippen molar-refractivity contribution >= 4 is 11.5 Å². The summed E-state index contributed by atoms with van der Waals surface area (Å²) >= 11 is 0. The lowest BCUT2D eigenvalue weighted by atomic mass is 10.1. The number of aromatic nitrogens is 2. The van der Waals surface area contributed by atoms with Gasteiger partial charge in [0, 0.05) is 30.8 Å². The third kappa shape index (κ3) is 2.31. The van der Waals surface area contributed by atoms with Gasteiger partial charge in [-0.05, 0) is 31.0 Å². The van der Waals surface area contributed by atoms with Crippen LogP contribution in [0.2, 0.25) is 0 Å². The lowest BCUT2D eigenvalue weighted by Gasteiger charge is -2.20. The van der Waals surface area contributed by atoms with Gasteiger partial charge in [0.1, 0.15) is 12.1 Å². The number of hydrogen-bond acceptors (Lipinski definition) is 4. The Bertz CT molecular complexity index is 607. The highest BCUT2D eigenvalue weighted by Crippen LogP contribution is 2.25. The number of nitrogens with zero attached hydrogens (tertiary/aromatic N) is 2. The van der Waals surface area contributed by atoms with E-state index in [4.69, 9.17) is 0 Å². The molecule has 0 unspecified atom stereocenters. The topological polar surface area (TPSA) is 49.8 Å². The first-order valence-corrected chi connectivity index (χ1v) is 6.62. The Labute approximate surface area is 113 Å². The van der Waals surface area contributed by atoms with E-state index < -0.39 is 0 Å². The molecule has 0 saturated carbocycles. The molecular formula is C15H18N4. The largest absolute Gasteiger partial charge is 0.340 e. The van der Waals surface area contributed by atoms with E-state index in [0.717, 1.165) is 36.7 Å². The van der Waals surface area contributed by atoms with Crippen LogP contribution in [0, 0.1) is 13.8 Å². The fraction of sp³-hybridized carbons (Fsp3) is 0.333. The first-order valence-electron chi connectivity index (χ1n) is 6.62. The van der Waals surface area contributed by atoms with Gasteiger partial charge in [0.25, 0.3) is 0 Å². The molecule has 2 N–H and O–H groups in total. The molecule has 4 heteroatoms. The van der Waals surface area contributed by atoms with Crippen molar-refractivity contribution in [2.24, 2.45) is 0 Å². The molecule has 0 aliphatic carbocycles. The molecule has 0 fully saturated rings. The number of benzene rings is 1. The Morgan fingerprint density at radius 1 is 1.21 bits per heavy atom. The monoisotopic (exact) mass is 254 g/mol. The lowest BCUT2D eigenvalue weighted by Crippen LogP contribution is -2.25. The van der Waals surface area contributed by atoms with Gasteiger partial charge in [0.05, 0.1) is 5.69 Å². The summed E-state index contributed by atoms with van der Waals surface area (Å²) in [5.74, 6) is 0.922. The predicted molar refractivity (Wildman–Crippen MR) is 76.6 cm³/mol. The zero-order valence-corrected chi connectivity index (χ0v) is 11.3. The summed E-state index contributed by atoms with van der Waals surface area (Å²) in [5, 5.41) is 6.82. The standard InChI is InChI=1S/C15H18N4/c1-10-4-3-5-13(11(10)2)19-15-12-8-16-7-6-14(12)17-9-18-15/h3-5,9,16H,6-8H2,1-2H3,(H,17,18,19). The van der Waals surface area contributed by atoms with Crippen LogP contribution in [0.1, 0.15) is 22.4 Å². The molecule has 0 atom stereocenters. The molecule has 1 aromatic carbocycles. The van der Waals surface area contributed by atoms with Crippen molar-refractivity contribution in [3.63, 3.8) is 0 Å². The minimum absolute atomic E-state index is 0.837. The summed E-state index contributed by atoms with van der Waals surface area (Å²) < 4.78 is 0. The van der Waals surface area contributed by atoms with Crippen molar-refractivity contribution in [2.45, 2.75) is 26.8 Å². The predicted octanol–water partition coefficient (Wildman–Crippen LogP) is 2.48. The third-order valence-corrected chi connectivity index (χ3v) is 3.73. The third-order valence-electron chi connectivity index (χ3n) is 3.73. The molecule has 2 heterocycles. The van der Waals surface area contributed by atoms with E-state index in [9.17, 15) is 0 Å². The normalized spacial score (nSPS) is 14.0. The second-order valence-electron chi connectivity index (χ2n) is 4.95. The van der Waals surface area contributed by atoms with Crippen LogP contribution in [0.5, 0.6) is 0 Å². The Hall–Kier alpha value is -1.94. The maximum Gasteiger partial charge on any atom is 0.138 e. The van der Waals surface area contributed by atoms with Gasteiger partial charge in [-0.2, -0.15) is 0 Å². The average molecular weight is 254 g/mol. The molecule has 1 aliphatic rings. The van der Waals surface area contributed by atoms with E-state index in [1.54, 1.807) is 6.33 Å². The summed E-state index contributed by atoms with van der Waals surface area (Å²) in [6.07, 6.45) is 2.62. The SMILES string of the molecule is Cc1cccc(Nc2ncnc3c2CNCC3)c1C. The summed E-state index contributed by atoms with van der Waals surface area (Å²) in [6, 6.07) is 6.28. The molecule has 0 amide bonds. The van der Waals surface area contributed by atoms with Crippen molar-refractivity contribution in [1.29, 1.82) is 0 Å². The number of hydrogen-bond donors (Lipinski definition) is 2. The summed E-state index contributed by atoms with van der Waals surface area (Å²) in [5.41, 5.74) is 6.01. The van der Waals surface area contributed by atoms with Crippen LogP contribution in [0.4, 0.5) is 11.5 Å². The Morgan fingerprint density at radius 2 is 2.11 bits per heavy atom. The molecular weight excluding hydrogens is 236 g/mol. The zero-order valence-electron chi connectivity index (χ0n) is 11.3. The van der Waals surface area contributed by atoms with Crippen LogP contribution in [0.15, 0.2) is 24.5 Å². The highest BCUT2D eigenvalue weighted by Gasteiger charge is 2.15. The number of nitrogens with one attached hydrogen (secondary N) is 2. The fourth-order valence-electron chi connectivity index (χ4n) is 2.39. The lowest BCUT2D eigenvalue weighted by molar-refractivity contribution is 0.627. The van der Waals surface area contributed by atoms with Crippen LogP contribution in [0.25, 0.3) is 0 Å². The molecule has 3 rings (SSSR count). The van der Waals surface area contributed by atoms with Crippen molar-refractivity contribution in [3.8, 4) is 0 Å². The van der Waals surface area contributed by atoms with Gasteiger partial charge in [0.2, 0.25) is 0 Å². The second kappa shape index (κ2) is 4.97. The van der Waals surface area contributed by atoms with Crippen molar-refractivity contribution in [3.05, 3.63) is 46.9 Å². The van der Waals surface area contributed by atoms with Crippen LogP contribution in [-0.2, 0) is 13.0 Å². The van der Waals surface area contributed by atoms with E-state index in [-0.39, 0.29) is 0 Å². The molecule has 0 saturated heterocycles. The molecule has 1 aliphatic heterocycles. The average Bonchev–Trinajstić information content (AvgIpc) is 2.44. The molecule has 19 heavy (non-hydrogen) atoms. The minimum Gasteiger partial charge on any atom is -0.340 e. The smallest absolute Gasteiger partial charge is 0.138 e. The van der Waals surface area contributed by atoms with Crippen molar-refractivity contribution in [1.82, 2.24) is 15.3 Å². The molecule has 4 nitrogen and oxygen atoms in total. The first-order chi connectivity index (χ1) is 9.25. The van der Waals surface area contributed by atoms with E-state index in [0.29, 0.717) is 0 Å². The number of rotatable bonds is 2. The van der Waals surface area contributed by atoms with Gasteiger partial charge in [-0.3, -0.25) is 0 Å².